The van der Waals surface area contributed by atoms with Crippen molar-refractivity contribution in [1.29, 1.82) is 0 Å². The van der Waals surface area contributed by atoms with E-state index in [-0.39, 0.29) is 11.2 Å². The Kier molecular flexibility index (Phi) is 3.01. The first-order valence-corrected chi connectivity index (χ1v) is 6.16. The summed E-state index contributed by atoms with van der Waals surface area (Å²) in [6.07, 6.45) is 6.99. The SMILES string of the molecule is CC1(CC(=O)c2occc2Br)CCCC1. The Labute approximate surface area is 98.2 Å². The Hall–Kier alpha value is -0.570. The minimum absolute atomic E-state index is 0.122. The second kappa shape index (κ2) is 4.12. The van der Waals surface area contributed by atoms with Gasteiger partial charge in [0.2, 0.25) is 0 Å². The molecule has 1 aliphatic rings. The van der Waals surface area contributed by atoms with Crippen LogP contribution in [0.3, 0.4) is 0 Å². The summed E-state index contributed by atoms with van der Waals surface area (Å²) < 4.78 is 5.96. The Balaban J connectivity index is 2.07. The lowest BCUT2D eigenvalue weighted by Crippen LogP contribution is -2.16. The summed E-state index contributed by atoms with van der Waals surface area (Å²) in [6, 6.07) is 1.77. The lowest BCUT2D eigenvalue weighted by Gasteiger charge is -2.21. The van der Waals surface area contributed by atoms with Crippen LogP contribution in [0, 0.1) is 5.41 Å². The maximum absolute atomic E-state index is 12.0. The molecule has 1 heterocycles. The fraction of sp³-hybridized carbons (Fsp3) is 0.583. The predicted octanol–water partition coefficient (Wildman–Crippen LogP) is 4.20. The molecule has 0 amide bonds. The highest BCUT2D eigenvalue weighted by Gasteiger charge is 2.32. The fourth-order valence-electron chi connectivity index (χ4n) is 2.37. The van der Waals surface area contributed by atoms with Crippen molar-refractivity contribution in [3.8, 4) is 0 Å². The summed E-state index contributed by atoms with van der Waals surface area (Å²) in [5.74, 6) is 0.597. The number of rotatable bonds is 3. The van der Waals surface area contributed by atoms with Gasteiger partial charge in [0.05, 0.1) is 10.7 Å². The van der Waals surface area contributed by atoms with Crippen molar-refractivity contribution < 1.29 is 9.21 Å². The zero-order chi connectivity index (χ0) is 10.9. The van der Waals surface area contributed by atoms with E-state index < -0.39 is 0 Å². The van der Waals surface area contributed by atoms with E-state index in [1.807, 2.05) is 0 Å². The van der Waals surface area contributed by atoms with Gasteiger partial charge in [-0.05, 0) is 40.3 Å². The van der Waals surface area contributed by atoms with Gasteiger partial charge in [0, 0.05) is 6.42 Å². The normalized spacial score (nSPS) is 19.3. The Bertz CT molecular complexity index is 361. The van der Waals surface area contributed by atoms with E-state index >= 15 is 0 Å². The van der Waals surface area contributed by atoms with E-state index in [1.165, 1.54) is 12.8 Å². The molecule has 15 heavy (non-hydrogen) atoms. The third kappa shape index (κ3) is 2.33. The average Bonchev–Trinajstić information content (AvgIpc) is 2.74. The van der Waals surface area contributed by atoms with Gasteiger partial charge in [-0.2, -0.15) is 0 Å². The second-order valence-corrected chi connectivity index (χ2v) is 5.57. The van der Waals surface area contributed by atoms with E-state index in [9.17, 15) is 4.79 Å². The van der Waals surface area contributed by atoms with Crippen LogP contribution in [-0.2, 0) is 0 Å². The summed E-state index contributed by atoms with van der Waals surface area (Å²) in [5.41, 5.74) is 0.198. The van der Waals surface area contributed by atoms with Crippen molar-refractivity contribution in [1.82, 2.24) is 0 Å². The zero-order valence-electron chi connectivity index (χ0n) is 8.88. The highest BCUT2D eigenvalue weighted by Crippen LogP contribution is 2.41. The molecule has 0 N–H and O–H groups in total. The molecule has 1 aliphatic carbocycles. The van der Waals surface area contributed by atoms with E-state index in [0.717, 1.165) is 17.3 Å². The smallest absolute Gasteiger partial charge is 0.199 e. The molecule has 0 spiro atoms. The molecule has 3 heteroatoms. The van der Waals surface area contributed by atoms with Gasteiger partial charge in [-0.15, -0.1) is 0 Å². The van der Waals surface area contributed by atoms with Gasteiger partial charge in [-0.25, -0.2) is 0 Å². The largest absolute Gasteiger partial charge is 0.460 e. The van der Waals surface area contributed by atoms with Crippen LogP contribution in [-0.4, -0.2) is 5.78 Å². The van der Waals surface area contributed by atoms with Crippen molar-refractivity contribution in [2.75, 3.05) is 0 Å². The molecule has 1 aromatic rings. The van der Waals surface area contributed by atoms with Crippen molar-refractivity contribution in [2.24, 2.45) is 5.41 Å². The maximum atomic E-state index is 12.0. The molecular weight excluding hydrogens is 256 g/mol. The number of carbonyl (C=O) groups is 1. The van der Waals surface area contributed by atoms with Gasteiger partial charge < -0.3 is 4.42 Å². The van der Waals surface area contributed by atoms with Crippen LogP contribution in [0.15, 0.2) is 21.2 Å². The van der Waals surface area contributed by atoms with Gasteiger partial charge >= 0.3 is 0 Å². The van der Waals surface area contributed by atoms with Crippen LogP contribution in [0.1, 0.15) is 49.6 Å². The molecule has 0 saturated heterocycles. The Morgan fingerprint density at radius 3 is 2.73 bits per heavy atom. The van der Waals surface area contributed by atoms with Gasteiger partial charge in [-0.3, -0.25) is 4.79 Å². The van der Waals surface area contributed by atoms with Crippen molar-refractivity contribution >= 4 is 21.7 Å². The third-order valence-corrected chi connectivity index (χ3v) is 3.89. The van der Waals surface area contributed by atoms with Crippen LogP contribution in [0.25, 0.3) is 0 Å². The molecule has 1 saturated carbocycles. The molecule has 1 aromatic heterocycles. The van der Waals surface area contributed by atoms with Crippen LogP contribution < -0.4 is 0 Å². The lowest BCUT2D eigenvalue weighted by molar-refractivity contribution is 0.0895. The number of furan rings is 1. The van der Waals surface area contributed by atoms with Crippen LogP contribution in [0.4, 0.5) is 0 Å². The quantitative estimate of drug-likeness (QED) is 0.771. The molecule has 82 valence electrons. The van der Waals surface area contributed by atoms with Gasteiger partial charge in [-0.1, -0.05) is 19.8 Å². The van der Waals surface area contributed by atoms with Gasteiger partial charge in [0.1, 0.15) is 0 Å². The average molecular weight is 271 g/mol. The fourth-order valence-corrected chi connectivity index (χ4v) is 2.79. The topological polar surface area (TPSA) is 30.2 Å². The van der Waals surface area contributed by atoms with Gasteiger partial charge in [0.25, 0.3) is 0 Å². The van der Waals surface area contributed by atoms with Crippen LogP contribution >= 0.6 is 15.9 Å². The number of hydrogen-bond donors (Lipinski definition) is 0. The zero-order valence-corrected chi connectivity index (χ0v) is 10.5. The molecule has 0 aromatic carbocycles. The third-order valence-electron chi connectivity index (χ3n) is 3.27. The number of carbonyl (C=O) groups excluding carboxylic acids is 1. The first-order valence-electron chi connectivity index (χ1n) is 5.37. The second-order valence-electron chi connectivity index (χ2n) is 4.72. The first-order chi connectivity index (χ1) is 7.11. The molecule has 0 bridgehead atoms. The standard InChI is InChI=1S/C12H15BrO2/c1-12(5-2-3-6-12)8-10(14)11-9(13)4-7-15-11/h4,7H,2-3,5-6,8H2,1H3. The van der Waals surface area contributed by atoms with Crippen molar-refractivity contribution in [2.45, 2.75) is 39.0 Å². The van der Waals surface area contributed by atoms with Gasteiger partial charge in [0.15, 0.2) is 11.5 Å². The summed E-state index contributed by atoms with van der Waals surface area (Å²) in [6.45, 7) is 2.20. The van der Waals surface area contributed by atoms with E-state index in [1.54, 1.807) is 12.3 Å². The Morgan fingerprint density at radius 2 is 2.20 bits per heavy atom. The lowest BCUT2D eigenvalue weighted by atomic mass is 9.83. The monoisotopic (exact) mass is 270 g/mol. The van der Waals surface area contributed by atoms with Crippen LogP contribution in [0.2, 0.25) is 0 Å². The Morgan fingerprint density at radius 1 is 1.53 bits per heavy atom. The molecule has 2 nitrogen and oxygen atoms in total. The number of Topliss-reactive ketones (excluding diaryl/α,β-unsaturated/α-hetero) is 1. The van der Waals surface area contributed by atoms with E-state index in [4.69, 9.17) is 4.42 Å². The van der Waals surface area contributed by atoms with Crippen molar-refractivity contribution in [3.05, 3.63) is 22.6 Å². The summed E-state index contributed by atoms with van der Waals surface area (Å²) >= 11 is 3.32. The molecule has 0 radical (unpaired) electrons. The maximum Gasteiger partial charge on any atom is 0.199 e. The minimum Gasteiger partial charge on any atom is -0.460 e. The number of hydrogen-bond acceptors (Lipinski definition) is 2. The van der Waals surface area contributed by atoms with E-state index in [2.05, 4.69) is 22.9 Å². The predicted molar refractivity (Wildman–Crippen MR) is 61.9 cm³/mol. The molecule has 1 fully saturated rings. The van der Waals surface area contributed by atoms with Crippen molar-refractivity contribution in [3.63, 3.8) is 0 Å². The summed E-state index contributed by atoms with van der Waals surface area (Å²) in [7, 11) is 0. The molecule has 0 atom stereocenters. The highest BCUT2D eigenvalue weighted by atomic mass is 79.9. The molecule has 2 rings (SSSR count). The van der Waals surface area contributed by atoms with Crippen LogP contribution in [0.5, 0.6) is 0 Å². The number of halogens is 1. The molecule has 0 aliphatic heterocycles. The summed E-state index contributed by atoms with van der Waals surface area (Å²) in [4.78, 5) is 12.0. The van der Waals surface area contributed by atoms with E-state index in [0.29, 0.717) is 12.2 Å². The molecular formula is C12H15BrO2. The number of ketones is 1. The minimum atomic E-state index is 0.122. The summed E-state index contributed by atoms with van der Waals surface area (Å²) in [5, 5.41) is 0. The first kappa shape index (κ1) is 10.9. The highest BCUT2D eigenvalue weighted by molar-refractivity contribution is 9.10. The molecule has 0 unspecified atom stereocenters.